The molecule has 0 spiro atoms. The predicted molar refractivity (Wildman–Crippen MR) is 108 cm³/mol. The van der Waals surface area contributed by atoms with Gasteiger partial charge in [-0.15, -0.1) is 0 Å². The highest BCUT2D eigenvalue weighted by Crippen LogP contribution is 2.28. The highest BCUT2D eigenvalue weighted by molar-refractivity contribution is 7.94. The summed E-state index contributed by atoms with van der Waals surface area (Å²) in [6.07, 6.45) is 0. The van der Waals surface area contributed by atoms with Gasteiger partial charge in [-0.05, 0) is 43.7 Å². The molecule has 2 aromatic carbocycles. The first kappa shape index (κ1) is 20.1. The first-order valence-corrected chi connectivity index (χ1v) is 10.8. The lowest BCUT2D eigenvalue weighted by atomic mass is 10.1. The van der Waals surface area contributed by atoms with E-state index in [4.69, 9.17) is 0 Å². The first-order chi connectivity index (χ1) is 13.2. The molecule has 2 amide bonds. The Labute approximate surface area is 165 Å². The molecule has 0 bridgehead atoms. The lowest BCUT2D eigenvalue weighted by Gasteiger charge is -2.27. The van der Waals surface area contributed by atoms with E-state index in [-0.39, 0.29) is 23.4 Å². The predicted octanol–water partition coefficient (Wildman–Crippen LogP) is 3.05. The number of benzene rings is 2. The Morgan fingerprint density at radius 2 is 1.71 bits per heavy atom. The summed E-state index contributed by atoms with van der Waals surface area (Å²) >= 11 is 0. The number of anilines is 1. The molecule has 7 heteroatoms. The second-order valence-corrected chi connectivity index (χ2v) is 9.20. The van der Waals surface area contributed by atoms with Crippen LogP contribution in [0.1, 0.15) is 36.7 Å². The van der Waals surface area contributed by atoms with E-state index in [2.05, 4.69) is 0 Å². The summed E-state index contributed by atoms with van der Waals surface area (Å²) in [6.45, 7) is 5.98. The van der Waals surface area contributed by atoms with Crippen LogP contribution < -0.4 is 4.31 Å². The second kappa shape index (κ2) is 7.75. The number of carbonyl (C=O) groups is 2. The zero-order valence-corrected chi connectivity index (χ0v) is 17.0. The molecular formula is C21H24N2O4S. The molecule has 1 atom stereocenters. The topological polar surface area (TPSA) is 74.8 Å². The average Bonchev–Trinajstić information content (AvgIpc) is 2.87. The summed E-state index contributed by atoms with van der Waals surface area (Å²) < 4.78 is 25.3. The van der Waals surface area contributed by atoms with Crippen LogP contribution >= 0.6 is 0 Å². The summed E-state index contributed by atoms with van der Waals surface area (Å²) in [4.78, 5) is 27.0. The van der Waals surface area contributed by atoms with E-state index < -0.39 is 21.8 Å². The lowest BCUT2D eigenvalue weighted by molar-refractivity contribution is -0.119. The fraction of sp³-hybridized carbons (Fsp3) is 0.333. The van der Waals surface area contributed by atoms with Gasteiger partial charge in [0.15, 0.2) is 0 Å². The number of carbonyl (C=O) groups excluding carboxylic acids is 2. The molecule has 0 aromatic heterocycles. The Morgan fingerprint density at radius 3 is 2.21 bits per heavy atom. The molecule has 3 rings (SSSR count). The van der Waals surface area contributed by atoms with E-state index in [0.29, 0.717) is 12.1 Å². The molecule has 28 heavy (non-hydrogen) atoms. The van der Waals surface area contributed by atoms with Gasteiger partial charge in [-0.1, -0.05) is 37.3 Å². The van der Waals surface area contributed by atoms with E-state index in [0.717, 1.165) is 9.87 Å². The third-order valence-corrected chi connectivity index (χ3v) is 6.66. The van der Waals surface area contributed by atoms with Gasteiger partial charge in [0.2, 0.25) is 15.9 Å². The average molecular weight is 401 g/mol. The van der Waals surface area contributed by atoms with Crippen molar-refractivity contribution in [2.24, 2.45) is 5.92 Å². The zero-order valence-electron chi connectivity index (χ0n) is 16.2. The van der Waals surface area contributed by atoms with Crippen LogP contribution in [0.4, 0.5) is 5.69 Å². The number of hydrogen-bond donors (Lipinski definition) is 0. The number of rotatable bonds is 5. The van der Waals surface area contributed by atoms with Crippen molar-refractivity contribution in [2.75, 3.05) is 10.1 Å². The van der Waals surface area contributed by atoms with E-state index >= 15 is 0 Å². The summed E-state index contributed by atoms with van der Waals surface area (Å²) in [5, 5.41) is 0. The van der Waals surface area contributed by atoms with Crippen LogP contribution in [0, 0.1) is 5.92 Å². The second-order valence-electron chi connectivity index (χ2n) is 7.34. The van der Waals surface area contributed by atoms with Crippen LogP contribution in [0.15, 0.2) is 54.6 Å². The standard InChI is InChI=1S/C21H24N2O4S/c1-15(2)22(13-17-7-5-4-6-8-17)21(25)18-9-11-19(12-10-18)23-20(24)16(3)14-28(23,26)27/h4-12,15-16H,13-14H2,1-3H3/t16-/m1/s1. The van der Waals surface area contributed by atoms with Gasteiger partial charge >= 0.3 is 0 Å². The fourth-order valence-electron chi connectivity index (χ4n) is 3.26. The lowest BCUT2D eigenvalue weighted by Crippen LogP contribution is -2.36. The van der Waals surface area contributed by atoms with Gasteiger partial charge in [0.05, 0.1) is 17.4 Å². The molecule has 1 aliphatic heterocycles. The van der Waals surface area contributed by atoms with E-state index in [1.807, 2.05) is 44.2 Å². The van der Waals surface area contributed by atoms with Crippen molar-refractivity contribution in [1.29, 1.82) is 0 Å². The third kappa shape index (κ3) is 3.94. The molecule has 0 saturated carbocycles. The smallest absolute Gasteiger partial charge is 0.254 e. The van der Waals surface area contributed by atoms with Crippen LogP contribution in [-0.4, -0.2) is 36.9 Å². The molecule has 0 aliphatic carbocycles. The summed E-state index contributed by atoms with van der Waals surface area (Å²) in [6, 6.07) is 15.9. The number of amides is 2. The van der Waals surface area contributed by atoms with Gasteiger partial charge in [0.25, 0.3) is 5.91 Å². The third-order valence-electron chi connectivity index (χ3n) is 4.79. The van der Waals surface area contributed by atoms with Gasteiger partial charge in [0.1, 0.15) is 0 Å². The molecule has 0 unspecified atom stereocenters. The summed E-state index contributed by atoms with van der Waals surface area (Å²) in [5.41, 5.74) is 1.75. The monoisotopic (exact) mass is 400 g/mol. The van der Waals surface area contributed by atoms with Gasteiger partial charge in [-0.3, -0.25) is 9.59 Å². The first-order valence-electron chi connectivity index (χ1n) is 9.22. The minimum atomic E-state index is -3.65. The summed E-state index contributed by atoms with van der Waals surface area (Å²) in [5.74, 6) is -1.33. The number of hydrogen-bond acceptors (Lipinski definition) is 4. The zero-order chi connectivity index (χ0) is 20.5. The van der Waals surface area contributed by atoms with E-state index in [1.165, 1.54) is 12.1 Å². The highest BCUT2D eigenvalue weighted by Gasteiger charge is 2.41. The maximum absolute atomic E-state index is 13.0. The molecule has 0 radical (unpaired) electrons. The van der Waals surface area contributed by atoms with Gasteiger partial charge < -0.3 is 4.90 Å². The minimum Gasteiger partial charge on any atom is -0.332 e. The quantitative estimate of drug-likeness (QED) is 0.773. The van der Waals surface area contributed by atoms with Crippen LogP contribution in [0.5, 0.6) is 0 Å². The molecule has 148 valence electrons. The maximum atomic E-state index is 13.0. The number of sulfonamides is 1. The Kier molecular flexibility index (Phi) is 5.56. The molecule has 1 fully saturated rings. The molecule has 1 aliphatic rings. The van der Waals surface area contributed by atoms with Crippen LogP contribution in [0.2, 0.25) is 0 Å². The van der Waals surface area contributed by atoms with Crippen LogP contribution in [-0.2, 0) is 21.4 Å². The van der Waals surface area contributed by atoms with Crippen molar-refractivity contribution in [3.8, 4) is 0 Å². The van der Waals surface area contributed by atoms with Crippen molar-refractivity contribution in [2.45, 2.75) is 33.4 Å². The van der Waals surface area contributed by atoms with Crippen LogP contribution in [0.3, 0.4) is 0 Å². The molecule has 1 saturated heterocycles. The van der Waals surface area contributed by atoms with E-state index in [1.54, 1.807) is 24.0 Å². The largest absolute Gasteiger partial charge is 0.332 e. The van der Waals surface area contributed by atoms with Crippen molar-refractivity contribution in [3.05, 3.63) is 65.7 Å². The molecule has 0 N–H and O–H groups in total. The number of nitrogens with zero attached hydrogens (tertiary/aromatic N) is 2. The maximum Gasteiger partial charge on any atom is 0.254 e. The molecule has 2 aromatic rings. The van der Waals surface area contributed by atoms with Crippen molar-refractivity contribution >= 4 is 27.5 Å². The van der Waals surface area contributed by atoms with Gasteiger partial charge in [-0.25, -0.2) is 12.7 Å². The Balaban J connectivity index is 1.83. The Bertz CT molecular complexity index is 969. The SMILES string of the molecule is CC(C)N(Cc1ccccc1)C(=O)c1ccc(N2C(=O)[C@H](C)CS2(=O)=O)cc1. The molecular weight excluding hydrogens is 376 g/mol. The fourth-order valence-corrected chi connectivity index (χ4v) is 5.08. The normalized spacial score (nSPS) is 18.5. The molecule has 1 heterocycles. The van der Waals surface area contributed by atoms with Crippen molar-refractivity contribution in [1.82, 2.24) is 4.90 Å². The Morgan fingerprint density at radius 1 is 1.11 bits per heavy atom. The van der Waals surface area contributed by atoms with Gasteiger partial charge in [-0.2, -0.15) is 0 Å². The van der Waals surface area contributed by atoms with Crippen LogP contribution in [0.25, 0.3) is 0 Å². The Hall–Kier alpha value is -2.67. The highest BCUT2D eigenvalue weighted by atomic mass is 32.2. The molecule has 6 nitrogen and oxygen atoms in total. The van der Waals surface area contributed by atoms with Crippen molar-refractivity contribution < 1.29 is 18.0 Å². The minimum absolute atomic E-state index is 0.00577. The summed E-state index contributed by atoms with van der Waals surface area (Å²) in [7, 11) is -3.65. The van der Waals surface area contributed by atoms with Crippen molar-refractivity contribution in [3.63, 3.8) is 0 Å². The van der Waals surface area contributed by atoms with E-state index in [9.17, 15) is 18.0 Å². The van der Waals surface area contributed by atoms with Gasteiger partial charge in [0, 0.05) is 18.2 Å².